The van der Waals surface area contributed by atoms with Crippen molar-refractivity contribution in [3.8, 4) is 11.5 Å². The number of carbonyl (C=O) groups excluding carboxylic acids is 2. The number of ether oxygens (including phenoxy) is 2. The second-order valence-corrected chi connectivity index (χ2v) is 6.10. The van der Waals surface area contributed by atoms with E-state index in [2.05, 4.69) is 5.32 Å². The number of anilines is 1. The van der Waals surface area contributed by atoms with Crippen molar-refractivity contribution < 1.29 is 27.8 Å². The Morgan fingerprint density at radius 1 is 0.897 bits per heavy atom. The number of halogens is 2. The number of hydrogen-bond acceptors (Lipinski definition) is 4. The maximum atomic E-state index is 13.6. The van der Waals surface area contributed by atoms with Crippen LogP contribution in [0.15, 0.2) is 72.8 Å². The fourth-order valence-corrected chi connectivity index (χ4v) is 2.41. The Kier molecular flexibility index (Phi) is 6.19. The molecule has 1 N–H and O–H groups in total. The molecule has 0 aliphatic rings. The van der Waals surface area contributed by atoms with Crippen molar-refractivity contribution in [2.75, 3.05) is 5.32 Å². The highest BCUT2D eigenvalue weighted by atomic mass is 19.1. The molecule has 0 aliphatic carbocycles. The highest BCUT2D eigenvalue weighted by molar-refractivity contribution is 5.97. The first kappa shape index (κ1) is 20.0. The van der Waals surface area contributed by atoms with E-state index < -0.39 is 35.2 Å². The van der Waals surface area contributed by atoms with Gasteiger partial charge in [0.15, 0.2) is 6.10 Å². The van der Waals surface area contributed by atoms with Gasteiger partial charge in [0.05, 0.1) is 5.56 Å². The number of nitrogens with one attached hydrogen (secondary N) is 1. The maximum Gasteiger partial charge on any atom is 0.341 e. The monoisotopic (exact) mass is 397 g/mol. The zero-order valence-electron chi connectivity index (χ0n) is 15.4. The van der Waals surface area contributed by atoms with Crippen molar-refractivity contribution in [1.82, 2.24) is 0 Å². The molecular formula is C22H17F2NO4. The van der Waals surface area contributed by atoms with Crippen LogP contribution in [0.2, 0.25) is 0 Å². The first-order chi connectivity index (χ1) is 13.9. The summed E-state index contributed by atoms with van der Waals surface area (Å²) in [6, 6.07) is 18.3. The lowest BCUT2D eigenvalue weighted by Crippen LogP contribution is -2.30. The summed E-state index contributed by atoms with van der Waals surface area (Å²) in [5.41, 5.74) is 0.0136. The number of carbonyl (C=O) groups is 2. The van der Waals surface area contributed by atoms with Gasteiger partial charge in [0.1, 0.15) is 23.1 Å². The quantitative estimate of drug-likeness (QED) is 0.599. The second-order valence-electron chi connectivity index (χ2n) is 6.10. The molecule has 0 spiro atoms. The molecular weight excluding hydrogens is 380 g/mol. The number of esters is 1. The summed E-state index contributed by atoms with van der Waals surface area (Å²) in [7, 11) is 0. The lowest BCUT2D eigenvalue weighted by molar-refractivity contribution is -0.123. The highest BCUT2D eigenvalue weighted by Gasteiger charge is 2.21. The molecule has 5 nitrogen and oxygen atoms in total. The van der Waals surface area contributed by atoms with Gasteiger partial charge >= 0.3 is 5.97 Å². The van der Waals surface area contributed by atoms with Crippen LogP contribution in [0.1, 0.15) is 17.3 Å². The van der Waals surface area contributed by atoms with Gasteiger partial charge in [-0.15, -0.1) is 0 Å². The average molecular weight is 397 g/mol. The third kappa shape index (κ3) is 5.38. The van der Waals surface area contributed by atoms with Crippen LogP contribution in [-0.2, 0) is 9.53 Å². The van der Waals surface area contributed by atoms with E-state index >= 15 is 0 Å². The first-order valence-electron chi connectivity index (χ1n) is 8.72. The summed E-state index contributed by atoms with van der Waals surface area (Å²) in [6.45, 7) is 1.35. The van der Waals surface area contributed by atoms with Crippen molar-refractivity contribution in [2.24, 2.45) is 0 Å². The van der Waals surface area contributed by atoms with Crippen LogP contribution >= 0.6 is 0 Å². The van der Waals surface area contributed by atoms with Crippen molar-refractivity contribution in [3.63, 3.8) is 0 Å². The number of rotatable bonds is 6. The molecule has 148 valence electrons. The standard InChI is InChI=1S/C22H17F2NO4/c1-14(28-22(27)19-12-7-15(23)13-20(19)24)21(26)25-16-8-10-18(11-9-16)29-17-5-3-2-4-6-17/h2-14H,1H3,(H,25,26). The zero-order chi connectivity index (χ0) is 20.8. The van der Waals surface area contributed by atoms with Gasteiger partial charge < -0.3 is 14.8 Å². The Hall–Kier alpha value is -3.74. The SMILES string of the molecule is CC(OC(=O)c1ccc(F)cc1F)C(=O)Nc1ccc(Oc2ccccc2)cc1. The number of amides is 1. The van der Waals surface area contributed by atoms with Gasteiger partial charge in [0.2, 0.25) is 0 Å². The molecule has 0 saturated carbocycles. The molecule has 0 saturated heterocycles. The number of para-hydroxylation sites is 1. The molecule has 29 heavy (non-hydrogen) atoms. The predicted octanol–water partition coefficient (Wildman–Crippen LogP) is 4.94. The van der Waals surface area contributed by atoms with Crippen molar-refractivity contribution in [3.05, 3.63) is 90.0 Å². The molecule has 0 bridgehead atoms. The lowest BCUT2D eigenvalue weighted by Gasteiger charge is -2.14. The molecule has 7 heteroatoms. The van der Waals surface area contributed by atoms with Crippen LogP contribution in [-0.4, -0.2) is 18.0 Å². The summed E-state index contributed by atoms with van der Waals surface area (Å²) >= 11 is 0. The molecule has 1 atom stereocenters. The number of benzene rings is 3. The van der Waals surface area contributed by atoms with Crippen LogP contribution in [0.5, 0.6) is 11.5 Å². The Morgan fingerprint density at radius 3 is 2.21 bits per heavy atom. The molecule has 0 aliphatic heterocycles. The molecule has 3 rings (SSSR count). The van der Waals surface area contributed by atoms with E-state index in [-0.39, 0.29) is 0 Å². The largest absolute Gasteiger partial charge is 0.457 e. The molecule has 0 radical (unpaired) electrons. The van der Waals surface area contributed by atoms with Gasteiger partial charge in [0.25, 0.3) is 5.91 Å². The van der Waals surface area contributed by atoms with E-state index in [0.717, 1.165) is 12.1 Å². The van der Waals surface area contributed by atoms with Crippen molar-refractivity contribution in [2.45, 2.75) is 13.0 Å². The van der Waals surface area contributed by atoms with Crippen LogP contribution in [0.3, 0.4) is 0 Å². The van der Waals surface area contributed by atoms with Crippen molar-refractivity contribution >= 4 is 17.6 Å². The maximum absolute atomic E-state index is 13.6. The summed E-state index contributed by atoms with van der Waals surface area (Å²) in [6.07, 6.45) is -1.19. The Morgan fingerprint density at radius 2 is 1.55 bits per heavy atom. The average Bonchev–Trinajstić information content (AvgIpc) is 2.70. The zero-order valence-corrected chi connectivity index (χ0v) is 15.4. The molecule has 0 heterocycles. The summed E-state index contributed by atoms with van der Waals surface area (Å²) in [5.74, 6) is -2.27. The van der Waals surface area contributed by atoms with Gasteiger partial charge in [-0.1, -0.05) is 18.2 Å². The lowest BCUT2D eigenvalue weighted by atomic mass is 10.2. The van der Waals surface area contributed by atoms with Crippen LogP contribution in [0.25, 0.3) is 0 Å². The normalized spacial score (nSPS) is 11.4. The molecule has 1 amide bonds. The third-order valence-electron chi connectivity index (χ3n) is 3.90. The van der Waals surface area contributed by atoms with Crippen LogP contribution in [0, 0.1) is 11.6 Å². The molecule has 0 fully saturated rings. The first-order valence-corrected chi connectivity index (χ1v) is 8.72. The topological polar surface area (TPSA) is 64.6 Å². The van der Waals surface area contributed by atoms with E-state index in [1.807, 2.05) is 30.3 Å². The smallest absolute Gasteiger partial charge is 0.341 e. The third-order valence-corrected chi connectivity index (χ3v) is 3.90. The highest BCUT2D eigenvalue weighted by Crippen LogP contribution is 2.22. The van der Waals surface area contributed by atoms with Gasteiger partial charge in [-0.25, -0.2) is 13.6 Å². The molecule has 0 aromatic heterocycles. The van der Waals surface area contributed by atoms with Gasteiger partial charge in [-0.05, 0) is 55.5 Å². The molecule has 3 aromatic carbocycles. The molecule has 3 aromatic rings. The van der Waals surface area contributed by atoms with Crippen LogP contribution < -0.4 is 10.1 Å². The van der Waals surface area contributed by atoms with Crippen LogP contribution in [0.4, 0.5) is 14.5 Å². The Bertz CT molecular complexity index is 1010. The summed E-state index contributed by atoms with van der Waals surface area (Å²) in [4.78, 5) is 24.2. The van der Waals surface area contributed by atoms with E-state index in [4.69, 9.17) is 9.47 Å². The minimum absolute atomic E-state index is 0.450. The van der Waals surface area contributed by atoms with Gasteiger partial charge in [0, 0.05) is 11.8 Å². The number of hydrogen-bond donors (Lipinski definition) is 1. The summed E-state index contributed by atoms with van der Waals surface area (Å²) < 4.78 is 37.2. The van der Waals surface area contributed by atoms with Gasteiger partial charge in [-0.3, -0.25) is 4.79 Å². The summed E-state index contributed by atoms with van der Waals surface area (Å²) in [5, 5.41) is 2.59. The fourth-order valence-electron chi connectivity index (χ4n) is 2.41. The van der Waals surface area contributed by atoms with E-state index in [9.17, 15) is 18.4 Å². The minimum atomic E-state index is -1.19. The Labute approximate surface area is 165 Å². The fraction of sp³-hybridized carbons (Fsp3) is 0.0909. The van der Waals surface area contributed by atoms with Crippen molar-refractivity contribution in [1.29, 1.82) is 0 Å². The van der Waals surface area contributed by atoms with E-state index in [0.29, 0.717) is 23.3 Å². The molecule has 1 unspecified atom stereocenters. The predicted molar refractivity (Wildman–Crippen MR) is 103 cm³/mol. The van der Waals surface area contributed by atoms with E-state index in [1.165, 1.54) is 6.92 Å². The minimum Gasteiger partial charge on any atom is -0.457 e. The Balaban J connectivity index is 1.57. The van der Waals surface area contributed by atoms with E-state index in [1.54, 1.807) is 24.3 Å². The van der Waals surface area contributed by atoms with Gasteiger partial charge in [-0.2, -0.15) is 0 Å². The second kappa shape index (κ2) is 8.97.